The lowest BCUT2D eigenvalue weighted by Crippen LogP contribution is -2.27. The van der Waals surface area contributed by atoms with Crippen LogP contribution in [0, 0.1) is 11.3 Å². The van der Waals surface area contributed by atoms with E-state index in [1.54, 1.807) is 11.3 Å². The Labute approximate surface area is 116 Å². The third kappa shape index (κ3) is 2.94. The van der Waals surface area contributed by atoms with Gasteiger partial charge in [-0.25, -0.2) is 0 Å². The smallest absolute Gasteiger partial charge is 0.0938 e. The van der Waals surface area contributed by atoms with Crippen molar-refractivity contribution < 1.29 is 5.11 Å². The van der Waals surface area contributed by atoms with Gasteiger partial charge in [-0.15, -0.1) is 11.3 Å². The fraction of sp³-hybridized carbons (Fsp3) is 0.714. The molecule has 0 aliphatic heterocycles. The summed E-state index contributed by atoms with van der Waals surface area (Å²) in [6, 6.07) is 4.11. The van der Waals surface area contributed by atoms with E-state index in [4.69, 9.17) is 0 Å². The van der Waals surface area contributed by atoms with Crippen LogP contribution in [0.3, 0.4) is 0 Å². The Balaban J connectivity index is 2.21. The summed E-state index contributed by atoms with van der Waals surface area (Å²) in [5.74, 6) is 0.658. The van der Waals surface area contributed by atoms with Crippen molar-refractivity contribution in [2.75, 3.05) is 0 Å². The van der Waals surface area contributed by atoms with Crippen molar-refractivity contribution in [3.63, 3.8) is 0 Å². The molecule has 1 saturated carbocycles. The normalized spacial score (nSPS) is 21.0. The maximum absolute atomic E-state index is 10.7. The van der Waals surface area contributed by atoms with Gasteiger partial charge < -0.3 is 5.11 Å². The number of hydrogen-bond donors (Lipinski definition) is 1. The van der Waals surface area contributed by atoms with E-state index in [2.05, 4.69) is 35.8 Å². The molecule has 1 aromatic rings. The first-order valence-corrected chi connectivity index (χ1v) is 8.08. The summed E-state index contributed by atoms with van der Waals surface area (Å²) in [5, 5.41) is 10.7. The summed E-state index contributed by atoms with van der Waals surface area (Å²) < 4.78 is 1.12. The molecule has 1 aromatic heterocycles. The lowest BCUT2D eigenvalue weighted by atomic mass is 9.73. The number of hydrogen-bond acceptors (Lipinski definition) is 2. The SMILES string of the molecule is CC(C)CC1(C(O)c2ccc(Br)s2)CCCC1. The van der Waals surface area contributed by atoms with Gasteiger partial charge in [0.1, 0.15) is 0 Å². The summed E-state index contributed by atoms with van der Waals surface area (Å²) in [5.41, 5.74) is 0.137. The molecule has 96 valence electrons. The van der Waals surface area contributed by atoms with Gasteiger partial charge in [0, 0.05) is 10.3 Å². The van der Waals surface area contributed by atoms with E-state index in [0.29, 0.717) is 5.92 Å². The van der Waals surface area contributed by atoms with Crippen molar-refractivity contribution >= 4 is 27.3 Å². The minimum absolute atomic E-state index is 0.137. The Bertz CT molecular complexity index is 366. The predicted molar refractivity (Wildman–Crippen MR) is 77.3 cm³/mol. The van der Waals surface area contributed by atoms with Gasteiger partial charge in [0.15, 0.2) is 0 Å². The molecule has 0 aromatic carbocycles. The quantitative estimate of drug-likeness (QED) is 0.814. The van der Waals surface area contributed by atoms with Crippen molar-refractivity contribution in [3.05, 3.63) is 20.8 Å². The predicted octanol–water partition coefficient (Wildman–Crippen LogP) is 5.15. The summed E-state index contributed by atoms with van der Waals surface area (Å²) in [4.78, 5) is 1.12. The Morgan fingerprint density at radius 3 is 2.47 bits per heavy atom. The molecule has 1 heterocycles. The van der Waals surface area contributed by atoms with Crippen LogP contribution in [0.1, 0.15) is 56.9 Å². The van der Waals surface area contributed by atoms with Gasteiger partial charge in [-0.05, 0) is 53.2 Å². The number of aliphatic hydroxyl groups is 1. The zero-order valence-electron chi connectivity index (χ0n) is 10.6. The lowest BCUT2D eigenvalue weighted by Gasteiger charge is -2.35. The molecule has 1 atom stereocenters. The molecule has 0 spiro atoms. The van der Waals surface area contributed by atoms with Crippen LogP contribution in [0.5, 0.6) is 0 Å². The Morgan fingerprint density at radius 1 is 1.35 bits per heavy atom. The standard InChI is InChI=1S/C14H21BrOS/c1-10(2)9-14(7-3-4-8-14)13(16)11-5-6-12(15)17-11/h5-6,10,13,16H,3-4,7-9H2,1-2H3. The summed E-state index contributed by atoms with van der Waals surface area (Å²) in [6.07, 6.45) is 5.78. The summed E-state index contributed by atoms with van der Waals surface area (Å²) >= 11 is 5.16. The second kappa shape index (κ2) is 5.41. The van der Waals surface area contributed by atoms with Crippen LogP contribution in [0.4, 0.5) is 0 Å². The van der Waals surface area contributed by atoms with E-state index in [9.17, 15) is 5.11 Å². The Kier molecular flexibility index (Phi) is 4.32. The van der Waals surface area contributed by atoms with Crippen molar-refractivity contribution in [1.82, 2.24) is 0 Å². The third-order valence-corrected chi connectivity index (χ3v) is 5.53. The van der Waals surface area contributed by atoms with E-state index >= 15 is 0 Å². The second-order valence-corrected chi connectivity index (χ2v) is 8.21. The van der Waals surface area contributed by atoms with E-state index in [-0.39, 0.29) is 11.5 Å². The van der Waals surface area contributed by atoms with Gasteiger partial charge in [0.2, 0.25) is 0 Å². The average molecular weight is 317 g/mol. The van der Waals surface area contributed by atoms with Crippen LogP contribution >= 0.6 is 27.3 Å². The van der Waals surface area contributed by atoms with Crippen molar-refractivity contribution in [2.45, 2.75) is 52.1 Å². The zero-order chi connectivity index (χ0) is 12.5. The fourth-order valence-corrected chi connectivity index (χ4v) is 4.81. The van der Waals surface area contributed by atoms with Crippen LogP contribution < -0.4 is 0 Å². The van der Waals surface area contributed by atoms with Crippen LogP contribution in [0.2, 0.25) is 0 Å². The lowest BCUT2D eigenvalue weighted by molar-refractivity contribution is 0.0138. The van der Waals surface area contributed by atoms with Gasteiger partial charge in [0.25, 0.3) is 0 Å². The molecule has 1 unspecified atom stereocenters. The zero-order valence-corrected chi connectivity index (χ0v) is 13.0. The van der Waals surface area contributed by atoms with Crippen LogP contribution in [-0.2, 0) is 0 Å². The van der Waals surface area contributed by atoms with Crippen molar-refractivity contribution in [3.8, 4) is 0 Å². The van der Waals surface area contributed by atoms with E-state index in [1.165, 1.54) is 25.7 Å². The van der Waals surface area contributed by atoms with Gasteiger partial charge in [-0.2, -0.15) is 0 Å². The highest BCUT2D eigenvalue weighted by Crippen LogP contribution is 2.52. The monoisotopic (exact) mass is 316 g/mol. The van der Waals surface area contributed by atoms with Gasteiger partial charge in [-0.1, -0.05) is 26.7 Å². The topological polar surface area (TPSA) is 20.2 Å². The molecule has 0 radical (unpaired) electrons. The number of halogens is 1. The van der Waals surface area contributed by atoms with Crippen molar-refractivity contribution in [1.29, 1.82) is 0 Å². The highest BCUT2D eigenvalue weighted by Gasteiger charge is 2.42. The molecule has 0 bridgehead atoms. The molecule has 1 aliphatic rings. The fourth-order valence-electron chi connectivity index (χ4n) is 3.26. The minimum Gasteiger partial charge on any atom is -0.387 e. The molecule has 2 rings (SSSR count). The maximum atomic E-state index is 10.7. The first kappa shape index (κ1) is 13.6. The molecule has 0 saturated heterocycles. The second-order valence-electron chi connectivity index (χ2n) is 5.71. The van der Waals surface area contributed by atoms with Crippen molar-refractivity contribution in [2.24, 2.45) is 11.3 Å². The molecule has 1 N–H and O–H groups in total. The largest absolute Gasteiger partial charge is 0.387 e. The van der Waals surface area contributed by atoms with Crippen LogP contribution in [0.15, 0.2) is 15.9 Å². The van der Waals surface area contributed by atoms with Gasteiger partial charge in [-0.3, -0.25) is 0 Å². The third-order valence-electron chi connectivity index (χ3n) is 3.86. The highest BCUT2D eigenvalue weighted by atomic mass is 79.9. The van der Waals surface area contributed by atoms with E-state index in [0.717, 1.165) is 15.1 Å². The summed E-state index contributed by atoms with van der Waals surface area (Å²) in [7, 11) is 0. The van der Waals surface area contributed by atoms with Crippen LogP contribution in [0.25, 0.3) is 0 Å². The Hall–Kier alpha value is 0.140. The summed E-state index contributed by atoms with van der Waals surface area (Å²) in [6.45, 7) is 4.52. The molecule has 1 fully saturated rings. The van der Waals surface area contributed by atoms with Gasteiger partial charge >= 0.3 is 0 Å². The van der Waals surface area contributed by atoms with E-state index < -0.39 is 0 Å². The maximum Gasteiger partial charge on any atom is 0.0938 e. The molecular weight excluding hydrogens is 296 g/mol. The first-order valence-electron chi connectivity index (χ1n) is 6.47. The van der Waals surface area contributed by atoms with Gasteiger partial charge in [0.05, 0.1) is 9.89 Å². The highest BCUT2D eigenvalue weighted by molar-refractivity contribution is 9.11. The Morgan fingerprint density at radius 2 is 2.00 bits per heavy atom. The van der Waals surface area contributed by atoms with E-state index in [1.807, 2.05) is 6.07 Å². The van der Waals surface area contributed by atoms with Crippen LogP contribution in [-0.4, -0.2) is 5.11 Å². The number of thiophene rings is 1. The first-order chi connectivity index (χ1) is 8.03. The number of rotatable bonds is 4. The molecule has 0 amide bonds. The molecule has 3 heteroatoms. The molecule has 1 nitrogen and oxygen atoms in total. The minimum atomic E-state index is -0.274. The molecular formula is C14H21BrOS. The molecule has 17 heavy (non-hydrogen) atoms. The molecule has 1 aliphatic carbocycles. The number of aliphatic hydroxyl groups excluding tert-OH is 1. The average Bonchev–Trinajstić information content (AvgIpc) is 2.86.